The maximum Gasteiger partial charge on any atom is 0.220 e. The van der Waals surface area contributed by atoms with Gasteiger partial charge in [-0.1, -0.05) is 35.9 Å². The summed E-state index contributed by atoms with van der Waals surface area (Å²) in [5.74, 6) is 0.652. The number of hydrogen-bond acceptors (Lipinski definition) is 4. The largest absolute Gasteiger partial charge is 0.356 e. The lowest BCUT2D eigenvalue weighted by molar-refractivity contribution is -0.121. The van der Waals surface area contributed by atoms with Crippen molar-refractivity contribution < 1.29 is 9.59 Å². The first-order valence-electron chi connectivity index (χ1n) is 8.29. The van der Waals surface area contributed by atoms with Crippen molar-refractivity contribution in [2.75, 3.05) is 6.54 Å². The minimum absolute atomic E-state index is 0.0152. The molecule has 0 aliphatic rings. The van der Waals surface area contributed by atoms with Gasteiger partial charge in [-0.3, -0.25) is 14.0 Å². The number of nitrogens with one attached hydrogen (secondary N) is 1. The van der Waals surface area contributed by atoms with Crippen LogP contribution in [0.1, 0.15) is 34.6 Å². The molecule has 0 spiro atoms. The number of nitrogens with zero attached hydrogens (tertiary/aromatic N) is 3. The van der Waals surface area contributed by atoms with E-state index in [-0.39, 0.29) is 24.5 Å². The summed E-state index contributed by atoms with van der Waals surface area (Å²) < 4.78 is 1.90. The molecule has 25 heavy (non-hydrogen) atoms. The Labute approximate surface area is 145 Å². The van der Waals surface area contributed by atoms with Crippen LogP contribution in [0.15, 0.2) is 48.7 Å². The number of aromatic nitrogens is 3. The molecule has 128 valence electrons. The summed E-state index contributed by atoms with van der Waals surface area (Å²) >= 11 is 0. The second-order valence-electron chi connectivity index (χ2n) is 5.93. The summed E-state index contributed by atoms with van der Waals surface area (Å²) in [6, 6.07) is 13.1. The van der Waals surface area contributed by atoms with E-state index in [9.17, 15) is 9.59 Å². The fourth-order valence-electron chi connectivity index (χ4n) is 2.57. The number of hydrogen-bond donors (Lipinski definition) is 1. The summed E-state index contributed by atoms with van der Waals surface area (Å²) in [5.41, 5.74) is 2.54. The van der Waals surface area contributed by atoms with Crippen molar-refractivity contribution in [3.8, 4) is 0 Å². The molecular weight excluding hydrogens is 316 g/mol. The average molecular weight is 336 g/mol. The molecule has 0 aliphatic carbocycles. The molecule has 0 saturated heterocycles. The minimum Gasteiger partial charge on any atom is -0.356 e. The molecule has 0 radical (unpaired) electrons. The molecule has 2 aromatic heterocycles. The summed E-state index contributed by atoms with van der Waals surface area (Å²) in [4.78, 5) is 24.0. The quantitative estimate of drug-likeness (QED) is 0.672. The van der Waals surface area contributed by atoms with Crippen LogP contribution in [-0.2, 0) is 11.2 Å². The number of fused-ring (bicyclic) bond motifs is 1. The number of pyridine rings is 1. The van der Waals surface area contributed by atoms with Crippen LogP contribution in [-0.4, -0.2) is 32.8 Å². The number of Topliss-reactive ketones (excluding diaryl/α,β-unsaturated/α-hetero) is 1. The standard InChI is InChI=1S/C19H20N4O2/c1-14-5-7-15(8-6-14)16(24)9-10-19(25)20-12-11-18-22-21-17-4-2-3-13-23(17)18/h2-8,13H,9-12H2,1H3,(H,20,25). The fraction of sp³-hybridized carbons (Fsp3) is 0.263. The fourth-order valence-corrected chi connectivity index (χ4v) is 2.57. The van der Waals surface area contributed by atoms with Gasteiger partial charge in [-0.05, 0) is 19.1 Å². The lowest BCUT2D eigenvalue weighted by Gasteiger charge is -2.05. The second-order valence-corrected chi connectivity index (χ2v) is 5.93. The maximum atomic E-state index is 12.1. The number of carbonyl (C=O) groups is 2. The minimum atomic E-state index is -0.130. The third kappa shape index (κ3) is 4.29. The zero-order chi connectivity index (χ0) is 17.6. The predicted octanol–water partition coefficient (Wildman–Crippen LogP) is 2.36. The van der Waals surface area contributed by atoms with Crippen LogP contribution in [0.3, 0.4) is 0 Å². The lowest BCUT2D eigenvalue weighted by Crippen LogP contribution is -2.26. The first kappa shape index (κ1) is 16.8. The number of rotatable bonds is 7. The van der Waals surface area contributed by atoms with E-state index in [4.69, 9.17) is 0 Å². The highest BCUT2D eigenvalue weighted by Gasteiger charge is 2.10. The van der Waals surface area contributed by atoms with E-state index in [1.165, 1.54) is 0 Å². The SMILES string of the molecule is Cc1ccc(C(=O)CCC(=O)NCCc2nnc3ccccn23)cc1. The Balaban J connectivity index is 1.44. The molecule has 0 aliphatic heterocycles. The van der Waals surface area contributed by atoms with Crippen molar-refractivity contribution in [1.29, 1.82) is 0 Å². The molecule has 6 heteroatoms. The van der Waals surface area contributed by atoms with E-state index in [1.54, 1.807) is 12.1 Å². The monoisotopic (exact) mass is 336 g/mol. The van der Waals surface area contributed by atoms with Gasteiger partial charge in [-0.25, -0.2) is 0 Å². The molecule has 1 aromatic carbocycles. The van der Waals surface area contributed by atoms with Gasteiger partial charge in [0, 0.05) is 37.6 Å². The topological polar surface area (TPSA) is 76.4 Å². The summed E-state index contributed by atoms with van der Waals surface area (Å²) in [6.07, 6.45) is 2.88. The van der Waals surface area contributed by atoms with Crippen LogP contribution in [0.25, 0.3) is 5.65 Å². The average Bonchev–Trinajstić information content (AvgIpc) is 3.04. The van der Waals surface area contributed by atoms with Crippen LogP contribution >= 0.6 is 0 Å². The van der Waals surface area contributed by atoms with Crippen molar-refractivity contribution in [1.82, 2.24) is 19.9 Å². The Morgan fingerprint density at radius 3 is 2.64 bits per heavy atom. The molecule has 1 N–H and O–H groups in total. The molecule has 3 rings (SSSR count). The normalized spacial score (nSPS) is 10.8. The Bertz CT molecular complexity index is 884. The molecule has 2 heterocycles. The number of ketones is 1. The van der Waals surface area contributed by atoms with Gasteiger partial charge in [0.25, 0.3) is 0 Å². The molecule has 0 unspecified atom stereocenters. The third-order valence-corrected chi connectivity index (χ3v) is 4.01. The third-order valence-electron chi connectivity index (χ3n) is 4.01. The Kier molecular flexibility index (Phi) is 5.18. The Morgan fingerprint density at radius 1 is 1.04 bits per heavy atom. The number of benzene rings is 1. The van der Waals surface area contributed by atoms with Crippen molar-refractivity contribution >= 4 is 17.3 Å². The highest BCUT2D eigenvalue weighted by atomic mass is 16.2. The first-order chi connectivity index (χ1) is 12.1. The number of aryl methyl sites for hydroxylation is 1. The molecule has 0 bridgehead atoms. The van der Waals surface area contributed by atoms with Crippen molar-refractivity contribution in [2.45, 2.75) is 26.2 Å². The van der Waals surface area contributed by atoms with Crippen molar-refractivity contribution in [2.24, 2.45) is 0 Å². The highest BCUT2D eigenvalue weighted by Crippen LogP contribution is 2.08. The van der Waals surface area contributed by atoms with Crippen LogP contribution < -0.4 is 5.32 Å². The first-order valence-corrected chi connectivity index (χ1v) is 8.29. The molecule has 0 fully saturated rings. The van der Waals surface area contributed by atoms with E-state index in [1.807, 2.05) is 47.9 Å². The second kappa shape index (κ2) is 7.70. The van der Waals surface area contributed by atoms with Crippen LogP contribution in [0.2, 0.25) is 0 Å². The van der Waals surface area contributed by atoms with Crippen molar-refractivity contribution in [3.63, 3.8) is 0 Å². The molecule has 0 saturated carbocycles. The predicted molar refractivity (Wildman–Crippen MR) is 94.4 cm³/mol. The van der Waals surface area contributed by atoms with Gasteiger partial charge in [-0.15, -0.1) is 10.2 Å². The van der Waals surface area contributed by atoms with Crippen molar-refractivity contribution in [3.05, 3.63) is 65.6 Å². The molecule has 3 aromatic rings. The van der Waals surface area contributed by atoms with Gasteiger partial charge in [0.15, 0.2) is 11.4 Å². The molecule has 6 nitrogen and oxygen atoms in total. The summed E-state index contributed by atoms with van der Waals surface area (Å²) in [5, 5.41) is 11.0. The zero-order valence-electron chi connectivity index (χ0n) is 14.1. The maximum absolute atomic E-state index is 12.1. The van der Waals surface area contributed by atoms with Crippen LogP contribution in [0.5, 0.6) is 0 Å². The molecule has 0 atom stereocenters. The Morgan fingerprint density at radius 2 is 1.84 bits per heavy atom. The summed E-state index contributed by atoms with van der Waals surface area (Å²) in [6.45, 7) is 2.44. The lowest BCUT2D eigenvalue weighted by atomic mass is 10.1. The Hall–Kier alpha value is -3.02. The van der Waals surface area contributed by atoms with E-state index < -0.39 is 0 Å². The summed E-state index contributed by atoms with van der Waals surface area (Å²) in [7, 11) is 0. The number of carbonyl (C=O) groups excluding carboxylic acids is 2. The van der Waals surface area contributed by atoms with Gasteiger partial charge in [0.1, 0.15) is 5.82 Å². The molecule has 1 amide bonds. The van der Waals surface area contributed by atoms with E-state index in [0.717, 1.165) is 17.0 Å². The highest BCUT2D eigenvalue weighted by molar-refractivity contribution is 5.97. The van der Waals surface area contributed by atoms with Gasteiger partial charge < -0.3 is 5.32 Å². The number of amides is 1. The zero-order valence-corrected chi connectivity index (χ0v) is 14.1. The van der Waals surface area contributed by atoms with Crippen LogP contribution in [0.4, 0.5) is 0 Å². The van der Waals surface area contributed by atoms with Gasteiger partial charge in [0.2, 0.25) is 5.91 Å². The van der Waals surface area contributed by atoms with Gasteiger partial charge in [0.05, 0.1) is 0 Å². The van der Waals surface area contributed by atoms with E-state index in [0.29, 0.717) is 18.5 Å². The van der Waals surface area contributed by atoms with E-state index >= 15 is 0 Å². The molecular formula is C19H20N4O2. The van der Waals surface area contributed by atoms with Gasteiger partial charge in [-0.2, -0.15) is 0 Å². The smallest absolute Gasteiger partial charge is 0.220 e. The van der Waals surface area contributed by atoms with Crippen LogP contribution in [0, 0.1) is 6.92 Å². The van der Waals surface area contributed by atoms with Gasteiger partial charge >= 0.3 is 0 Å². The van der Waals surface area contributed by atoms with E-state index in [2.05, 4.69) is 15.5 Å².